The molecular weight excluding hydrogens is 1020 g/mol. The summed E-state index contributed by atoms with van der Waals surface area (Å²) < 4.78 is 10.7. The fourth-order valence-corrected chi connectivity index (χ4v) is 4.17. The minimum Gasteiger partial charge on any atom is -0.361 e. The summed E-state index contributed by atoms with van der Waals surface area (Å²) in [5.41, 5.74) is -1.17. The van der Waals surface area contributed by atoms with Crippen molar-refractivity contribution < 1.29 is 43.0 Å². The van der Waals surface area contributed by atoms with Crippen LogP contribution in [0.5, 0.6) is 0 Å². The summed E-state index contributed by atoms with van der Waals surface area (Å²) >= 11 is 0. The first kappa shape index (κ1) is 88.2. The molecule has 0 unspecified atom stereocenters. The standard InChI is InChI=1S/C13H24N2O2.2C11H23NO2.3C10H21NO/c1-12(2,3)8-7-10(16)14-9-15-11(17)13(4,5)6;2*1-10(2,3)7-14-8-12-9(13)11(4,5)6;3*1-9(2,3)7-11-8(12)10(4,5)6/h7-8H,9H2,1-6H3,(H,14,16)(H,15,17);2*7-8H2,1-6H3,(H,12,13);3*7H2,1-6H3,(H,11,12)/b8-7+;;;;;. The number of carbonyl (C=O) groups is 7. The molecule has 81 heavy (non-hydrogen) atoms. The van der Waals surface area contributed by atoms with E-state index in [1.807, 2.05) is 151 Å². The van der Waals surface area contributed by atoms with Gasteiger partial charge in [-0.1, -0.05) is 255 Å². The third kappa shape index (κ3) is 68.4. The second kappa shape index (κ2) is 36.6. The molecule has 0 radical (unpaired) electrons. The summed E-state index contributed by atoms with van der Waals surface area (Å²) in [6, 6.07) is 0. The van der Waals surface area contributed by atoms with Gasteiger partial charge in [0, 0.05) is 52.1 Å². The molecule has 0 saturated heterocycles. The number of hydrogen-bond donors (Lipinski definition) is 7. The predicted octanol–water partition coefficient (Wildman–Crippen LogP) is 12.7. The number of carbonyl (C=O) groups excluding carboxylic acids is 7. The maximum Gasteiger partial charge on any atom is 0.245 e. The van der Waals surface area contributed by atoms with E-state index < -0.39 is 5.41 Å². The number of nitrogens with one attached hydrogen (secondary N) is 7. The summed E-state index contributed by atoms with van der Waals surface area (Å²) in [6.45, 7) is 75.9. The van der Waals surface area contributed by atoms with Gasteiger partial charge in [-0.15, -0.1) is 0 Å². The molecule has 0 aliphatic heterocycles. The second-order valence-electron chi connectivity index (χ2n) is 34.3. The first-order chi connectivity index (χ1) is 35.2. The van der Waals surface area contributed by atoms with Gasteiger partial charge in [0.15, 0.2) is 0 Å². The van der Waals surface area contributed by atoms with Crippen molar-refractivity contribution in [2.24, 2.45) is 65.0 Å². The van der Waals surface area contributed by atoms with Gasteiger partial charge in [-0.25, -0.2) is 0 Å². The molecule has 0 spiro atoms. The van der Waals surface area contributed by atoms with Crippen molar-refractivity contribution >= 4 is 41.4 Å². The van der Waals surface area contributed by atoms with Crippen molar-refractivity contribution in [3.8, 4) is 0 Å². The average Bonchev–Trinajstić information content (AvgIpc) is 3.20. The fourth-order valence-electron chi connectivity index (χ4n) is 4.17. The topological polar surface area (TPSA) is 222 Å². The zero-order chi connectivity index (χ0) is 66.5. The molecular formula is C65H133N7O9. The molecule has 0 aliphatic carbocycles. The summed E-state index contributed by atoms with van der Waals surface area (Å²) in [5.74, 6) is 0.122. The third-order valence-electron chi connectivity index (χ3n) is 9.41. The van der Waals surface area contributed by atoms with E-state index in [1.54, 1.807) is 0 Å². The lowest BCUT2D eigenvalue weighted by molar-refractivity contribution is -0.131. The van der Waals surface area contributed by atoms with Crippen molar-refractivity contribution in [1.29, 1.82) is 0 Å². The normalized spacial score (nSPS) is 12.7. The van der Waals surface area contributed by atoms with Crippen LogP contribution in [0.2, 0.25) is 0 Å². The van der Waals surface area contributed by atoms with Crippen molar-refractivity contribution in [1.82, 2.24) is 37.2 Å². The van der Waals surface area contributed by atoms with E-state index >= 15 is 0 Å². The summed E-state index contributed by atoms with van der Waals surface area (Å²) in [7, 11) is 0. The Kier molecular flexibility index (Phi) is 39.9. The van der Waals surface area contributed by atoms with Crippen molar-refractivity contribution in [3.05, 3.63) is 12.2 Å². The third-order valence-corrected chi connectivity index (χ3v) is 9.41. The Morgan fingerprint density at radius 2 is 0.494 bits per heavy atom. The minimum absolute atomic E-state index is 0.0198. The van der Waals surface area contributed by atoms with Crippen LogP contribution in [0.1, 0.15) is 249 Å². The molecule has 0 bridgehead atoms. The Labute approximate surface area is 499 Å². The van der Waals surface area contributed by atoms with Gasteiger partial charge in [0.05, 0.1) is 19.9 Å². The van der Waals surface area contributed by atoms with Crippen LogP contribution in [0.15, 0.2) is 12.2 Å². The SMILES string of the molecule is CC(C)(C)/C=C/C(=O)NCNC(=O)C(C)(C)C.CC(C)(C)CNC(=O)C(C)(C)C.CC(C)(C)CNC(=O)C(C)(C)C.CC(C)(C)CNC(=O)C(C)(C)C.CC(C)(C)COCNC(=O)C(C)(C)C.CC(C)(C)COCNC(=O)C(C)(C)C. The van der Waals surface area contributed by atoms with E-state index in [2.05, 4.69) is 141 Å². The van der Waals surface area contributed by atoms with Gasteiger partial charge < -0.3 is 46.7 Å². The molecule has 7 N–H and O–H groups in total. The molecule has 0 heterocycles. The zero-order valence-corrected chi connectivity index (χ0v) is 59.5. The van der Waals surface area contributed by atoms with Crippen LogP contribution in [0.4, 0.5) is 0 Å². The highest BCUT2D eigenvalue weighted by Crippen LogP contribution is 2.20. The summed E-state index contributed by atoms with van der Waals surface area (Å²) in [4.78, 5) is 79.9. The van der Waals surface area contributed by atoms with Crippen LogP contribution < -0.4 is 37.2 Å². The van der Waals surface area contributed by atoms with Crippen LogP contribution in [-0.2, 0) is 43.0 Å². The highest BCUT2D eigenvalue weighted by atomic mass is 16.5. The lowest BCUT2D eigenvalue weighted by Crippen LogP contribution is -2.41. The van der Waals surface area contributed by atoms with Gasteiger partial charge in [-0.05, 0) is 38.6 Å². The van der Waals surface area contributed by atoms with E-state index in [0.29, 0.717) is 26.7 Å². The lowest BCUT2D eigenvalue weighted by atomic mass is 9.93. The number of hydrogen-bond acceptors (Lipinski definition) is 9. The Hall–Kier alpha value is -4.05. The molecule has 0 fully saturated rings. The number of allylic oxidation sites excluding steroid dienone is 1. The molecule has 0 aliphatic rings. The molecule has 16 nitrogen and oxygen atoms in total. The lowest BCUT2D eigenvalue weighted by Gasteiger charge is -2.23. The van der Waals surface area contributed by atoms with Crippen LogP contribution in [0.25, 0.3) is 0 Å². The first-order valence-electron chi connectivity index (χ1n) is 29.0. The molecule has 16 heteroatoms. The maximum atomic E-state index is 11.5. The monoisotopic (exact) mass is 1160 g/mol. The van der Waals surface area contributed by atoms with Crippen molar-refractivity contribution in [2.45, 2.75) is 249 Å². The van der Waals surface area contributed by atoms with E-state index in [9.17, 15) is 33.6 Å². The highest BCUT2D eigenvalue weighted by Gasteiger charge is 2.26. The Bertz CT molecular complexity index is 1720. The van der Waals surface area contributed by atoms with Gasteiger partial charge >= 0.3 is 0 Å². The number of amides is 7. The van der Waals surface area contributed by atoms with Crippen LogP contribution in [0.3, 0.4) is 0 Å². The Balaban J connectivity index is -0.000000209. The van der Waals surface area contributed by atoms with Crippen molar-refractivity contribution in [3.63, 3.8) is 0 Å². The van der Waals surface area contributed by atoms with Crippen LogP contribution >= 0.6 is 0 Å². The van der Waals surface area contributed by atoms with Crippen LogP contribution in [-0.4, -0.2) is 94.3 Å². The van der Waals surface area contributed by atoms with Crippen molar-refractivity contribution in [2.75, 3.05) is 53.0 Å². The summed E-state index contributed by atoms with van der Waals surface area (Å²) in [5, 5.41) is 19.5. The molecule has 0 atom stereocenters. The molecule has 0 aromatic carbocycles. The molecule has 0 rings (SSSR count). The average molecular weight is 1160 g/mol. The molecule has 0 aromatic rings. The molecule has 7 amide bonds. The van der Waals surface area contributed by atoms with E-state index in [-0.39, 0.29) is 108 Å². The fraction of sp³-hybridized carbons (Fsp3) is 0.862. The van der Waals surface area contributed by atoms with Gasteiger partial charge in [0.1, 0.15) is 13.5 Å². The van der Waals surface area contributed by atoms with Gasteiger partial charge in [-0.2, -0.15) is 0 Å². The Morgan fingerprint density at radius 3 is 0.679 bits per heavy atom. The minimum atomic E-state index is -0.439. The molecule has 482 valence electrons. The number of rotatable bonds is 12. The largest absolute Gasteiger partial charge is 0.361 e. The maximum absolute atomic E-state index is 11.5. The quantitative estimate of drug-likeness (QED) is 0.0560. The van der Waals surface area contributed by atoms with Gasteiger partial charge in [0.25, 0.3) is 0 Å². The van der Waals surface area contributed by atoms with E-state index in [1.165, 1.54) is 6.08 Å². The highest BCUT2D eigenvalue weighted by molar-refractivity contribution is 5.88. The zero-order valence-electron chi connectivity index (χ0n) is 59.5. The molecule has 0 saturated carbocycles. The van der Waals surface area contributed by atoms with E-state index in [0.717, 1.165) is 19.6 Å². The Morgan fingerprint density at radius 1 is 0.284 bits per heavy atom. The predicted molar refractivity (Wildman–Crippen MR) is 341 cm³/mol. The first-order valence-corrected chi connectivity index (χ1v) is 29.0. The van der Waals surface area contributed by atoms with Gasteiger partial charge in [0.2, 0.25) is 41.4 Å². The second-order valence-corrected chi connectivity index (χ2v) is 34.3. The van der Waals surface area contributed by atoms with Crippen LogP contribution in [0, 0.1) is 65.0 Å². The summed E-state index contributed by atoms with van der Waals surface area (Å²) in [6.07, 6.45) is 3.32. The van der Waals surface area contributed by atoms with E-state index in [4.69, 9.17) is 9.47 Å². The smallest absolute Gasteiger partial charge is 0.245 e. The van der Waals surface area contributed by atoms with Gasteiger partial charge in [-0.3, -0.25) is 33.6 Å². The number of ether oxygens (including phenoxy) is 2. The molecule has 0 aromatic heterocycles.